The number of aromatic nitrogens is 4. The van der Waals surface area contributed by atoms with Crippen LogP contribution in [0.25, 0.3) is 11.4 Å². The van der Waals surface area contributed by atoms with Crippen LogP contribution in [0.15, 0.2) is 24.3 Å². The van der Waals surface area contributed by atoms with Gasteiger partial charge < -0.3 is 5.11 Å². The fourth-order valence-electron chi connectivity index (χ4n) is 2.61. The van der Waals surface area contributed by atoms with Gasteiger partial charge >= 0.3 is 0 Å². The highest BCUT2D eigenvalue weighted by Crippen LogP contribution is 2.31. The second-order valence-corrected chi connectivity index (χ2v) is 4.85. The summed E-state index contributed by atoms with van der Waals surface area (Å²) in [5.74, 6) is 0.0212. The molecule has 0 radical (unpaired) electrons. The number of hydrogen-bond donors (Lipinski definition) is 1. The zero-order valence-electron chi connectivity index (χ0n) is 10.4. The molecule has 1 N–H and O–H groups in total. The second kappa shape index (κ2) is 5.05. The van der Waals surface area contributed by atoms with Crippen LogP contribution in [0, 0.1) is 5.82 Å². The Morgan fingerprint density at radius 1 is 1.21 bits per heavy atom. The Balaban J connectivity index is 2.01. The van der Waals surface area contributed by atoms with Crippen molar-refractivity contribution in [2.45, 2.75) is 37.8 Å². The SMILES string of the molecule is O[C@H]1CCCC[C@H]1n1nnnc1-c1ccccc1F. The Hall–Kier alpha value is -1.82. The molecule has 1 saturated carbocycles. The van der Waals surface area contributed by atoms with Gasteiger partial charge in [-0.3, -0.25) is 0 Å². The van der Waals surface area contributed by atoms with Crippen LogP contribution in [0.4, 0.5) is 4.39 Å². The molecule has 0 bridgehead atoms. The quantitative estimate of drug-likeness (QED) is 0.898. The highest BCUT2D eigenvalue weighted by molar-refractivity contribution is 5.55. The van der Waals surface area contributed by atoms with E-state index in [0.717, 1.165) is 25.7 Å². The molecule has 3 rings (SSSR count). The van der Waals surface area contributed by atoms with Crippen molar-refractivity contribution in [3.05, 3.63) is 30.1 Å². The fraction of sp³-hybridized carbons (Fsp3) is 0.462. The first kappa shape index (κ1) is 12.2. The highest BCUT2D eigenvalue weighted by atomic mass is 19.1. The summed E-state index contributed by atoms with van der Waals surface area (Å²) < 4.78 is 15.4. The molecular weight excluding hydrogens is 247 g/mol. The first-order valence-corrected chi connectivity index (χ1v) is 6.48. The first-order valence-electron chi connectivity index (χ1n) is 6.48. The molecule has 1 aromatic heterocycles. The van der Waals surface area contributed by atoms with Crippen molar-refractivity contribution in [3.8, 4) is 11.4 Å². The largest absolute Gasteiger partial charge is 0.391 e. The molecule has 6 heteroatoms. The molecule has 0 spiro atoms. The van der Waals surface area contributed by atoms with E-state index in [0.29, 0.717) is 11.4 Å². The zero-order chi connectivity index (χ0) is 13.2. The number of hydrogen-bond acceptors (Lipinski definition) is 4. The van der Waals surface area contributed by atoms with Gasteiger partial charge in [0, 0.05) is 0 Å². The molecule has 0 aliphatic heterocycles. The summed E-state index contributed by atoms with van der Waals surface area (Å²) in [6.45, 7) is 0. The molecule has 1 heterocycles. The third-order valence-electron chi connectivity index (χ3n) is 3.62. The number of nitrogens with zero attached hydrogens (tertiary/aromatic N) is 4. The average molecular weight is 262 g/mol. The van der Waals surface area contributed by atoms with Crippen LogP contribution < -0.4 is 0 Å². The molecule has 0 unspecified atom stereocenters. The van der Waals surface area contributed by atoms with E-state index >= 15 is 0 Å². The minimum Gasteiger partial charge on any atom is -0.391 e. The average Bonchev–Trinajstić information content (AvgIpc) is 2.89. The summed E-state index contributed by atoms with van der Waals surface area (Å²) in [4.78, 5) is 0. The van der Waals surface area contributed by atoms with Crippen molar-refractivity contribution in [2.24, 2.45) is 0 Å². The maximum Gasteiger partial charge on any atom is 0.185 e. The molecule has 1 fully saturated rings. The molecular formula is C13H15FN4O. The molecule has 1 aromatic carbocycles. The molecule has 1 aliphatic carbocycles. The number of halogens is 1. The van der Waals surface area contributed by atoms with Crippen molar-refractivity contribution >= 4 is 0 Å². The van der Waals surface area contributed by atoms with Gasteiger partial charge in [-0.1, -0.05) is 25.0 Å². The van der Waals surface area contributed by atoms with Gasteiger partial charge in [-0.2, -0.15) is 0 Å². The van der Waals surface area contributed by atoms with E-state index in [-0.39, 0.29) is 11.9 Å². The molecule has 0 amide bonds. The van der Waals surface area contributed by atoms with E-state index in [1.165, 1.54) is 6.07 Å². The third kappa shape index (κ3) is 2.23. The van der Waals surface area contributed by atoms with Gasteiger partial charge in [0.15, 0.2) is 5.82 Å². The number of aliphatic hydroxyl groups is 1. The van der Waals surface area contributed by atoms with Gasteiger partial charge in [-0.15, -0.1) is 5.10 Å². The van der Waals surface area contributed by atoms with Gasteiger partial charge in [0.2, 0.25) is 0 Å². The predicted octanol–water partition coefficient (Wildman–Crippen LogP) is 1.96. The van der Waals surface area contributed by atoms with Crippen LogP contribution in [0.1, 0.15) is 31.7 Å². The highest BCUT2D eigenvalue weighted by Gasteiger charge is 2.28. The van der Waals surface area contributed by atoms with E-state index in [2.05, 4.69) is 15.5 Å². The van der Waals surface area contributed by atoms with E-state index in [4.69, 9.17) is 0 Å². The van der Waals surface area contributed by atoms with Crippen molar-refractivity contribution < 1.29 is 9.50 Å². The monoisotopic (exact) mass is 262 g/mol. The minimum atomic E-state index is -0.470. The lowest BCUT2D eigenvalue weighted by Crippen LogP contribution is -2.29. The Kier molecular flexibility index (Phi) is 3.25. The first-order chi connectivity index (χ1) is 9.27. The fourth-order valence-corrected chi connectivity index (χ4v) is 2.61. The van der Waals surface area contributed by atoms with E-state index < -0.39 is 6.10 Å². The Morgan fingerprint density at radius 3 is 2.79 bits per heavy atom. The standard InChI is InChI=1S/C13H15FN4O/c14-10-6-2-1-5-9(10)13-15-16-17-18(13)11-7-3-4-8-12(11)19/h1-2,5-6,11-12,19H,3-4,7-8H2/t11-,12+/m1/s1. The molecule has 19 heavy (non-hydrogen) atoms. The lowest BCUT2D eigenvalue weighted by atomic mass is 9.92. The number of benzene rings is 1. The van der Waals surface area contributed by atoms with Crippen molar-refractivity contribution in [1.82, 2.24) is 20.2 Å². The summed E-state index contributed by atoms with van der Waals surface area (Å²) in [5.41, 5.74) is 0.366. The van der Waals surface area contributed by atoms with E-state index in [9.17, 15) is 9.50 Å². The third-order valence-corrected chi connectivity index (χ3v) is 3.62. The minimum absolute atomic E-state index is 0.168. The van der Waals surface area contributed by atoms with Crippen molar-refractivity contribution in [2.75, 3.05) is 0 Å². The van der Waals surface area contributed by atoms with Crippen LogP contribution in [0.5, 0.6) is 0 Å². The van der Waals surface area contributed by atoms with Crippen LogP contribution in [-0.4, -0.2) is 31.4 Å². The Morgan fingerprint density at radius 2 is 2.00 bits per heavy atom. The summed E-state index contributed by atoms with van der Waals surface area (Å²) in [6.07, 6.45) is 3.12. The smallest absolute Gasteiger partial charge is 0.185 e. The van der Waals surface area contributed by atoms with Gasteiger partial charge in [-0.05, 0) is 35.4 Å². The van der Waals surface area contributed by atoms with Gasteiger partial charge in [0.1, 0.15) is 5.82 Å². The predicted molar refractivity (Wildman–Crippen MR) is 66.7 cm³/mol. The van der Waals surface area contributed by atoms with E-state index in [1.54, 1.807) is 22.9 Å². The van der Waals surface area contributed by atoms with Gasteiger partial charge in [0.25, 0.3) is 0 Å². The van der Waals surface area contributed by atoms with Crippen molar-refractivity contribution in [1.29, 1.82) is 0 Å². The lowest BCUT2D eigenvalue weighted by Gasteiger charge is -2.27. The summed E-state index contributed by atoms with van der Waals surface area (Å²) >= 11 is 0. The summed E-state index contributed by atoms with van der Waals surface area (Å²) in [5, 5.41) is 21.6. The van der Waals surface area contributed by atoms with Gasteiger partial charge in [0.05, 0.1) is 17.7 Å². The van der Waals surface area contributed by atoms with Crippen LogP contribution >= 0.6 is 0 Å². The molecule has 1 aliphatic rings. The van der Waals surface area contributed by atoms with Crippen LogP contribution in [0.3, 0.4) is 0 Å². The maximum atomic E-state index is 13.8. The number of tetrazole rings is 1. The summed E-state index contributed by atoms with van der Waals surface area (Å²) in [7, 11) is 0. The topological polar surface area (TPSA) is 63.8 Å². The number of aliphatic hydroxyl groups excluding tert-OH is 1. The molecule has 100 valence electrons. The second-order valence-electron chi connectivity index (χ2n) is 4.85. The van der Waals surface area contributed by atoms with E-state index in [1.807, 2.05) is 0 Å². The Bertz CT molecular complexity index is 571. The normalized spacial score (nSPS) is 23.5. The molecule has 2 atom stereocenters. The van der Waals surface area contributed by atoms with Crippen LogP contribution in [-0.2, 0) is 0 Å². The summed E-state index contributed by atoms with van der Waals surface area (Å²) in [6, 6.07) is 6.23. The number of rotatable bonds is 2. The maximum absolute atomic E-state index is 13.8. The van der Waals surface area contributed by atoms with Gasteiger partial charge in [-0.25, -0.2) is 9.07 Å². The van der Waals surface area contributed by atoms with Crippen LogP contribution in [0.2, 0.25) is 0 Å². The lowest BCUT2D eigenvalue weighted by molar-refractivity contribution is 0.0692. The molecule has 5 nitrogen and oxygen atoms in total. The Labute approximate surface area is 110 Å². The van der Waals surface area contributed by atoms with Crippen molar-refractivity contribution in [3.63, 3.8) is 0 Å². The zero-order valence-corrected chi connectivity index (χ0v) is 10.4. The molecule has 2 aromatic rings. The molecule has 0 saturated heterocycles.